The van der Waals surface area contributed by atoms with E-state index in [1.807, 2.05) is 56.3 Å². The molecule has 2 N–H and O–H groups in total. The predicted molar refractivity (Wildman–Crippen MR) is 97.2 cm³/mol. The summed E-state index contributed by atoms with van der Waals surface area (Å²) >= 11 is 0. The Balaban J connectivity index is 1.58. The van der Waals surface area contributed by atoms with Crippen molar-refractivity contribution in [1.29, 1.82) is 0 Å². The van der Waals surface area contributed by atoms with Gasteiger partial charge in [0.1, 0.15) is 6.04 Å². The van der Waals surface area contributed by atoms with Gasteiger partial charge in [0.2, 0.25) is 6.79 Å². The first kappa shape index (κ1) is 16.8. The standard InChI is InChI=1S/C19H21N3O3/c1-3-16(21-15-6-4-5-13(2)9-15)19(23)22-20-11-14-7-8-17-18(10-14)25-12-24-17/h4-11,16,21H,3,12H2,1-2H3,(H,22,23)/b20-11-/t16-/m1/s1. The Labute approximate surface area is 146 Å². The van der Waals surface area contributed by atoms with E-state index in [-0.39, 0.29) is 18.7 Å². The maximum absolute atomic E-state index is 12.3. The molecule has 130 valence electrons. The van der Waals surface area contributed by atoms with Gasteiger partial charge in [0.25, 0.3) is 5.91 Å². The Morgan fingerprint density at radius 1 is 1.24 bits per heavy atom. The highest BCUT2D eigenvalue weighted by Gasteiger charge is 2.16. The van der Waals surface area contributed by atoms with Crippen LogP contribution in [0, 0.1) is 6.92 Å². The topological polar surface area (TPSA) is 72.0 Å². The van der Waals surface area contributed by atoms with Crippen LogP contribution in [0.1, 0.15) is 24.5 Å². The van der Waals surface area contributed by atoms with Crippen molar-refractivity contribution in [3.05, 3.63) is 53.6 Å². The SMILES string of the molecule is CC[C@@H](Nc1cccc(C)c1)C(=O)N/N=C\c1ccc2c(c1)OCO2. The molecule has 0 spiro atoms. The molecule has 0 radical (unpaired) electrons. The van der Waals surface area contributed by atoms with Crippen LogP contribution in [0.25, 0.3) is 0 Å². The number of carbonyl (C=O) groups excluding carboxylic acids is 1. The number of ether oxygens (including phenoxy) is 2. The van der Waals surface area contributed by atoms with E-state index in [0.717, 1.165) is 22.6 Å². The summed E-state index contributed by atoms with van der Waals surface area (Å²) in [6.07, 6.45) is 2.23. The summed E-state index contributed by atoms with van der Waals surface area (Å²) in [6.45, 7) is 4.20. The lowest BCUT2D eigenvalue weighted by Crippen LogP contribution is -2.36. The molecule has 0 aromatic heterocycles. The van der Waals surface area contributed by atoms with Crippen LogP contribution in [0.3, 0.4) is 0 Å². The van der Waals surface area contributed by atoms with Gasteiger partial charge in [-0.15, -0.1) is 0 Å². The maximum atomic E-state index is 12.3. The number of hydrogen-bond donors (Lipinski definition) is 2. The molecule has 0 fully saturated rings. The van der Waals surface area contributed by atoms with E-state index in [1.54, 1.807) is 6.21 Å². The lowest BCUT2D eigenvalue weighted by atomic mass is 10.1. The molecule has 0 bridgehead atoms. The summed E-state index contributed by atoms with van der Waals surface area (Å²) < 4.78 is 10.6. The van der Waals surface area contributed by atoms with E-state index in [4.69, 9.17) is 9.47 Å². The molecule has 1 aliphatic rings. The van der Waals surface area contributed by atoms with Crippen LogP contribution in [0.5, 0.6) is 11.5 Å². The Hall–Kier alpha value is -3.02. The molecule has 3 rings (SSSR count). The summed E-state index contributed by atoms with van der Waals surface area (Å²) in [4.78, 5) is 12.3. The summed E-state index contributed by atoms with van der Waals surface area (Å²) in [7, 11) is 0. The number of nitrogens with zero attached hydrogens (tertiary/aromatic N) is 1. The van der Waals surface area contributed by atoms with Gasteiger partial charge in [0.15, 0.2) is 11.5 Å². The van der Waals surface area contributed by atoms with Crippen molar-refractivity contribution in [3.63, 3.8) is 0 Å². The third kappa shape index (κ3) is 4.29. The maximum Gasteiger partial charge on any atom is 0.262 e. The van der Waals surface area contributed by atoms with Crippen molar-refractivity contribution >= 4 is 17.8 Å². The fourth-order valence-electron chi connectivity index (χ4n) is 2.53. The summed E-state index contributed by atoms with van der Waals surface area (Å²) in [5.41, 5.74) is 5.46. The molecule has 2 aromatic carbocycles. The van der Waals surface area contributed by atoms with Crippen LogP contribution in [-0.2, 0) is 4.79 Å². The Morgan fingerprint density at radius 3 is 2.88 bits per heavy atom. The van der Waals surface area contributed by atoms with E-state index < -0.39 is 0 Å². The number of hydrazone groups is 1. The molecular formula is C19H21N3O3. The Kier molecular flexibility index (Phi) is 5.18. The van der Waals surface area contributed by atoms with Crippen LogP contribution in [0.2, 0.25) is 0 Å². The van der Waals surface area contributed by atoms with Crippen molar-refractivity contribution in [2.45, 2.75) is 26.3 Å². The van der Waals surface area contributed by atoms with Crippen LogP contribution in [-0.4, -0.2) is 25.0 Å². The van der Waals surface area contributed by atoms with Gasteiger partial charge in [-0.25, -0.2) is 5.43 Å². The first-order valence-corrected chi connectivity index (χ1v) is 8.21. The number of anilines is 1. The van der Waals surface area contributed by atoms with Gasteiger partial charge in [-0.2, -0.15) is 5.10 Å². The molecule has 1 atom stereocenters. The highest BCUT2D eigenvalue weighted by molar-refractivity contribution is 5.87. The van der Waals surface area contributed by atoms with E-state index in [1.165, 1.54) is 0 Å². The molecule has 1 heterocycles. The Bertz CT molecular complexity index is 789. The van der Waals surface area contributed by atoms with Crippen molar-refractivity contribution in [2.75, 3.05) is 12.1 Å². The second-order valence-electron chi connectivity index (χ2n) is 5.82. The molecule has 0 saturated heterocycles. The zero-order valence-corrected chi connectivity index (χ0v) is 14.3. The second-order valence-corrected chi connectivity index (χ2v) is 5.82. The first-order valence-electron chi connectivity index (χ1n) is 8.21. The third-order valence-electron chi connectivity index (χ3n) is 3.87. The quantitative estimate of drug-likeness (QED) is 0.627. The zero-order valence-electron chi connectivity index (χ0n) is 14.3. The zero-order chi connectivity index (χ0) is 17.6. The number of benzene rings is 2. The van der Waals surface area contributed by atoms with Gasteiger partial charge >= 0.3 is 0 Å². The predicted octanol–water partition coefficient (Wildman–Crippen LogP) is 3.06. The highest BCUT2D eigenvalue weighted by atomic mass is 16.7. The minimum absolute atomic E-state index is 0.180. The van der Waals surface area contributed by atoms with Gasteiger partial charge < -0.3 is 14.8 Å². The molecule has 0 saturated carbocycles. The van der Waals surface area contributed by atoms with Crippen molar-refractivity contribution < 1.29 is 14.3 Å². The lowest BCUT2D eigenvalue weighted by molar-refractivity contribution is -0.121. The number of carbonyl (C=O) groups is 1. The second kappa shape index (κ2) is 7.70. The highest BCUT2D eigenvalue weighted by Crippen LogP contribution is 2.31. The molecule has 0 unspecified atom stereocenters. The van der Waals surface area contributed by atoms with Crippen LogP contribution < -0.4 is 20.2 Å². The fourth-order valence-corrected chi connectivity index (χ4v) is 2.53. The summed E-state index contributed by atoms with van der Waals surface area (Å²) in [5, 5.41) is 7.26. The fraction of sp³-hybridized carbons (Fsp3) is 0.263. The minimum Gasteiger partial charge on any atom is -0.454 e. The lowest BCUT2D eigenvalue weighted by Gasteiger charge is -2.16. The van der Waals surface area contributed by atoms with Crippen molar-refractivity contribution in [3.8, 4) is 11.5 Å². The average molecular weight is 339 g/mol. The number of hydrogen-bond acceptors (Lipinski definition) is 5. The van der Waals surface area contributed by atoms with Crippen LogP contribution >= 0.6 is 0 Å². The molecule has 1 aliphatic heterocycles. The first-order chi connectivity index (χ1) is 12.2. The molecule has 2 aromatic rings. The number of aryl methyl sites for hydroxylation is 1. The number of amides is 1. The van der Waals surface area contributed by atoms with Crippen LogP contribution in [0.4, 0.5) is 5.69 Å². The molecule has 0 aliphatic carbocycles. The molecule has 1 amide bonds. The average Bonchev–Trinajstić information content (AvgIpc) is 3.07. The van der Waals surface area contributed by atoms with E-state index in [9.17, 15) is 4.79 Å². The van der Waals surface area contributed by atoms with Crippen LogP contribution in [0.15, 0.2) is 47.6 Å². The minimum atomic E-state index is -0.351. The normalized spacial score (nSPS) is 13.7. The van der Waals surface area contributed by atoms with Crippen molar-refractivity contribution in [2.24, 2.45) is 5.10 Å². The van der Waals surface area contributed by atoms with Gasteiger partial charge in [0, 0.05) is 5.69 Å². The largest absolute Gasteiger partial charge is 0.454 e. The third-order valence-corrected chi connectivity index (χ3v) is 3.87. The van der Waals surface area contributed by atoms with Gasteiger partial charge in [-0.05, 0) is 54.8 Å². The molecular weight excluding hydrogens is 318 g/mol. The van der Waals surface area contributed by atoms with Gasteiger partial charge in [-0.3, -0.25) is 4.79 Å². The van der Waals surface area contributed by atoms with Gasteiger partial charge in [0.05, 0.1) is 6.21 Å². The monoisotopic (exact) mass is 339 g/mol. The molecule has 6 nitrogen and oxygen atoms in total. The van der Waals surface area contributed by atoms with E-state index >= 15 is 0 Å². The van der Waals surface area contributed by atoms with Gasteiger partial charge in [-0.1, -0.05) is 19.1 Å². The number of nitrogens with one attached hydrogen (secondary N) is 2. The van der Waals surface area contributed by atoms with E-state index in [0.29, 0.717) is 12.2 Å². The number of rotatable bonds is 6. The Morgan fingerprint density at radius 2 is 2.08 bits per heavy atom. The molecule has 25 heavy (non-hydrogen) atoms. The summed E-state index contributed by atoms with van der Waals surface area (Å²) in [6, 6.07) is 13.1. The summed E-state index contributed by atoms with van der Waals surface area (Å²) in [5.74, 6) is 1.22. The van der Waals surface area contributed by atoms with Crippen molar-refractivity contribution in [1.82, 2.24) is 5.43 Å². The molecule has 6 heteroatoms. The van der Waals surface area contributed by atoms with E-state index in [2.05, 4.69) is 15.8 Å². The smallest absolute Gasteiger partial charge is 0.262 e. The number of fused-ring (bicyclic) bond motifs is 1.